The molecule has 3 N–H and O–H groups in total. The lowest BCUT2D eigenvalue weighted by Gasteiger charge is -2.27. The van der Waals surface area contributed by atoms with Crippen LogP contribution in [0.4, 0.5) is 5.69 Å². The van der Waals surface area contributed by atoms with E-state index in [2.05, 4.69) is 57.5 Å². The van der Waals surface area contributed by atoms with Crippen molar-refractivity contribution in [2.24, 2.45) is 0 Å². The first-order valence-corrected chi connectivity index (χ1v) is 9.46. The molecule has 4 rings (SSSR count). The first-order valence-electron chi connectivity index (χ1n) is 9.46. The van der Waals surface area contributed by atoms with Gasteiger partial charge < -0.3 is 10.2 Å². The van der Waals surface area contributed by atoms with Gasteiger partial charge in [0.25, 0.3) is 0 Å². The molecule has 1 amide bonds. The molecule has 2 aliphatic heterocycles. The van der Waals surface area contributed by atoms with E-state index in [0.717, 1.165) is 19.4 Å². The lowest BCUT2D eigenvalue weighted by molar-refractivity contribution is -0.122. The van der Waals surface area contributed by atoms with Crippen LogP contribution in [0.2, 0.25) is 0 Å². The van der Waals surface area contributed by atoms with Gasteiger partial charge in [-0.2, -0.15) is 0 Å². The first kappa shape index (κ1) is 17.1. The quantitative estimate of drug-likeness (QED) is 0.775. The summed E-state index contributed by atoms with van der Waals surface area (Å²) in [5.74, 6) is 0.0795. The summed E-state index contributed by atoms with van der Waals surface area (Å²) in [6.45, 7) is 1.76. The van der Waals surface area contributed by atoms with Crippen LogP contribution in [0, 0.1) is 0 Å². The van der Waals surface area contributed by atoms with Crippen LogP contribution in [0.25, 0.3) is 0 Å². The van der Waals surface area contributed by atoms with Gasteiger partial charge in [-0.1, -0.05) is 48.5 Å². The molecule has 2 aromatic rings. The van der Waals surface area contributed by atoms with Crippen molar-refractivity contribution >= 4 is 11.6 Å². The van der Waals surface area contributed by atoms with Gasteiger partial charge in [-0.3, -0.25) is 4.79 Å². The summed E-state index contributed by atoms with van der Waals surface area (Å²) in [7, 11) is 0. The number of hydrogen-bond acceptors (Lipinski definition) is 4. The Hall–Kier alpha value is -2.37. The van der Waals surface area contributed by atoms with Crippen molar-refractivity contribution in [1.82, 2.24) is 16.2 Å². The highest BCUT2D eigenvalue weighted by Crippen LogP contribution is 2.25. The van der Waals surface area contributed by atoms with Crippen LogP contribution in [-0.4, -0.2) is 31.1 Å². The maximum atomic E-state index is 12.6. The summed E-state index contributed by atoms with van der Waals surface area (Å²) < 4.78 is 0. The molecular weight excluding hydrogens is 324 g/mol. The topological polar surface area (TPSA) is 56.4 Å². The van der Waals surface area contributed by atoms with Gasteiger partial charge in [-0.15, -0.1) is 0 Å². The fraction of sp³-hybridized carbons (Fsp3) is 0.381. The number of nitrogens with one attached hydrogen (secondary N) is 3. The molecule has 2 aliphatic rings. The van der Waals surface area contributed by atoms with Gasteiger partial charge in [-0.05, 0) is 37.0 Å². The molecule has 0 bridgehead atoms. The molecule has 2 aromatic carbocycles. The van der Waals surface area contributed by atoms with Crippen molar-refractivity contribution in [3.63, 3.8) is 0 Å². The molecular formula is C21H26N4O. The largest absolute Gasteiger partial charge is 0.367 e. The number of carbonyl (C=O) groups excluding carboxylic acids is 1. The number of hydrazine groups is 1. The Labute approximate surface area is 154 Å². The molecule has 0 radical (unpaired) electrons. The van der Waals surface area contributed by atoms with Crippen molar-refractivity contribution in [3.05, 3.63) is 66.2 Å². The number of benzene rings is 2. The van der Waals surface area contributed by atoms with Crippen LogP contribution < -0.4 is 21.1 Å². The van der Waals surface area contributed by atoms with Crippen LogP contribution in [0.5, 0.6) is 0 Å². The Kier molecular flexibility index (Phi) is 5.18. The molecule has 2 heterocycles. The molecule has 0 spiro atoms. The van der Waals surface area contributed by atoms with Crippen molar-refractivity contribution in [3.8, 4) is 0 Å². The van der Waals surface area contributed by atoms with E-state index in [9.17, 15) is 4.79 Å². The zero-order chi connectivity index (χ0) is 17.8. The highest BCUT2D eigenvalue weighted by atomic mass is 16.2. The van der Waals surface area contributed by atoms with E-state index in [4.69, 9.17) is 0 Å². The summed E-state index contributed by atoms with van der Waals surface area (Å²) in [6, 6.07) is 21.1. The van der Waals surface area contributed by atoms with Gasteiger partial charge in [0.05, 0.1) is 0 Å². The molecule has 2 fully saturated rings. The zero-order valence-corrected chi connectivity index (χ0v) is 14.9. The van der Waals surface area contributed by atoms with Crippen LogP contribution >= 0.6 is 0 Å². The van der Waals surface area contributed by atoms with Gasteiger partial charge in [-0.25, -0.2) is 10.9 Å². The van der Waals surface area contributed by atoms with E-state index in [0.29, 0.717) is 12.6 Å². The molecule has 26 heavy (non-hydrogen) atoms. The van der Waals surface area contributed by atoms with E-state index < -0.39 is 0 Å². The van der Waals surface area contributed by atoms with Gasteiger partial charge in [0.15, 0.2) is 0 Å². The van der Waals surface area contributed by atoms with Gasteiger partial charge >= 0.3 is 0 Å². The van der Waals surface area contributed by atoms with Gasteiger partial charge in [0.2, 0.25) is 5.91 Å². The molecule has 2 saturated heterocycles. The lowest BCUT2D eigenvalue weighted by Crippen LogP contribution is -2.47. The molecule has 5 nitrogen and oxygen atoms in total. The average Bonchev–Trinajstić information content (AvgIpc) is 3.37. The van der Waals surface area contributed by atoms with Gasteiger partial charge in [0, 0.05) is 30.9 Å². The standard InChI is InChI=1S/C21H26N4O/c26-21(20-14-19(23-24-20)16-8-3-1-4-9-16)22-15-18-12-7-13-25(18)17-10-5-2-6-11-17/h1-6,8-11,18-20,23-24H,7,12-15H2,(H,22,26). The summed E-state index contributed by atoms with van der Waals surface area (Å²) in [5, 5.41) is 3.16. The van der Waals surface area contributed by atoms with Gasteiger partial charge in [0.1, 0.15) is 6.04 Å². The van der Waals surface area contributed by atoms with Crippen molar-refractivity contribution in [2.45, 2.75) is 37.4 Å². The summed E-state index contributed by atoms with van der Waals surface area (Å²) in [5.41, 5.74) is 8.85. The Balaban J connectivity index is 1.30. The molecule has 5 heteroatoms. The summed E-state index contributed by atoms with van der Waals surface area (Å²) in [4.78, 5) is 15.0. The predicted molar refractivity (Wildman–Crippen MR) is 104 cm³/mol. The fourth-order valence-electron chi connectivity index (χ4n) is 3.98. The Morgan fingerprint density at radius 3 is 2.54 bits per heavy atom. The minimum Gasteiger partial charge on any atom is -0.367 e. The number of carbonyl (C=O) groups is 1. The minimum absolute atomic E-state index is 0.0795. The highest BCUT2D eigenvalue weighted by Gasteiger charge is 2.31. The predicted octanol–water partition coefficient (Wildman–Crippen LogP) is 2.38. The monoisotopic (exact) mass is 350 g/mol. The van der Waals surface area contributed by atoms with Crippen LogP contribution in [0.15, 0.2) is 60.7 Å². The smallest absolute Gasteiger partial charge is 0.238 e. The fourth-order valence-corrected chi connectivity index (χ4v) is 3.98. The third-order valence-corrected chi connectivity index (χ3v) is 5.40. The van der Waals surface area contributed by atoms with Crippen LogP contribution in [0.1, 0.15) is 30.9 Å². The van der Waals surface area contributed by atoms with Crippen molar-refractivity contribution < 1.29 is 4.79 Å². The van der Waals surface area contributed by atoms with E-state index >= 15 is 0 Å². The number of hydrogen-bond donors (Lipinski definition) is 3. The minimum atomic E-state index is -0.188. The Morgan fingerprint density at radius 2 is 1.77 bits per heavy atom. The van der Waals surface area contributed by atoms with Crippen molar-refractivity contribution in [2.75, 3.05) is 18.0 Å². The van der Waals surface area contributed by atoms with E-state index in [1.807, 2.05) is 24.3 Å². The number of anilines is 1. The summed E-state index contributed by atoms with van der Waals surface area (Å²) >= 11 is 0. The zero-order valence-electron chi connectivity index (χ0n) is 14.9. The van der Waals surface area contributed by atoms with Crippen molar-refractivity contribution in [1.29, 1.82) is 0 Å². The maximum Gasteiger partial charge on any atom is 0.238 e. The maximum absolute atomic E-state index is 12.6. The normalized spacial score (nSPS) is 25.4. The average molecular weight is 350 g/mol. The van der Waals surface area contributed by atoms with E-state index in [1.165, 1.54) is 17.7 Å². The molecule has 3 atom stereocenters. The number of rotatable bonds is 5. The number of amides is 1. The van der Waals surface area contributed by atoms with Crippen LogP contribution in [0.3, 0.4) is 0 Å². The molecule has 3 unspecified atom stereocenters. The third-order valence-electron chi connectivity index (χ3n) is 5.40. The Bertz CT molecular complexity index is 721. The van der Waals surface area contributed by atoms with Crippen LogP contribution in [-0.2, 0) is 4.79 Å². The SMILES string of the molecule is O=C(NCC1CCCN1c1ccccc1)C1CC(c2ccccc2)NN1. The molecule has 0 saturated carbocycles. The lowest BCUT2D eigenvalue weighted by atomic mass is 10.0. The third kappa shape index (κ3) is 3.74. The molecule has 136 valence electrons. The second-order valence-corrected chi connectivity index (χ2v) is 7.11. The second kappa shape index (κ2) is 7.89. The number of para-hydroxylation sites is 1. The summed E-state index contributed by atoms with van der Waals surface area (Å²) in [6.07, 6.45) is 3.07. The van der Waals surface area contributed by atoms with E-state index in [1.54, 1.807) is 0 Å². The number of nitrogens with zero attached hydrogens (tertiary/aromatic N) is 1. The first-order chi connectivity index (χ1) is 12.8. The highest BCUT2D eigenvalue weighted by molar-refractivity contribution is 5.82. The molecule has 0 aromatic heterocycles. The molecule has 0 aliphatic carbocycles. The Morgan fingerprint density at radius 1 is 1.04 bits per heavy atom. The second-order valence-electron chi connectivity index (χ2n) is 7.11. The van der Waals surface area contributed by atoms with E-state index in [-0.39, 0.29) is 18.0 Å².